The Morgan fingerprint density at radius 2 is 2.07 bits per heavy atom. The van der Waals surface area contributed by atoms with Crippen molar-refractivity contribution in [3.05, 3.63) is 48.5 Å². The molecule has 0 aliphatic carbocycles. The molecule has 0 saturated heterocycles. The van der Waals surface area contributed by atoms with Crippen LogP contribution in [-0.2, 0) is 11.2 Å². The van der Waals surface area contributed by atoms with Crippen molar-refractivity contribution in [3.63, 3.8) is 0 Å². The first-order chi connectivity index (χ1) is 6.92. The van der Waals surface area contributed by atoms with Crippen molar-refractivity contribution < 1.29 is 4.79 Å². The molecular weight excluding hydrogens is 176 g/mol. The summed E-state index contributed by atoms with van der Waals surface area (Å²) in [5.74, 6) is 0.770. The molecule has 0 amide bonds. The number of hydrogen-bond donors (Lipinski definition) is 0. The minimum Gasteiger partial charge on any atom is -0.303 e. The van der Waals surface area contributed by atoms with Gasteiger partial charge in [0.25, 0.3) is 0 Å². The van der Waals surface area contributed by atoms with Crippen molar-refractivity contribution in [1.82, 2.24) is 9.55 Å². The molecular formula is C11H10N2O. The third kappa shape index (κ3) is 1.57. The van der Waals surface area contributed by atoms with Gasteiger partial charge in [-0.15, -0.1) is 0 Å². The molecule has 0 saturated carbocycles. The van der Waals surface area contributed by atoms with Gasteiger partial charge in [0, 0.05) is 18.1 Å². The summed E-state index contributed by atoms with van der Waals surface area (Å²) in [5, 5.41) is 0. The second-order valence-corrected chi connectivity index (χ2v) is 2.92. The fourth-order valence-corrected chi connectivity index (χ4v) is 1.38. The van der Waals surface area contributed by atoms with Crippen molar-refractivity contribution in [1.29, 1.82) is 0 Å². The molecule has 1 aromatic heterocycles. The third-order valence-electron chi connectivity index (χ3n) is 2.02. The van der Waals surface area contributed by atoms with Crippen molar-refractivity contribution in [3.8, 4) is 5.69 Å². The van der Waals surface area contributed by atoms with E-state index in [4.69, 9.17) is 0 Å². The van der Waals surface area contributed by atoms with Crippen molar-refractivity contribution >= 4 is 6.29 Å². The van der Waals surface area contributed by atoms with Gasteiger partial charge in [0.15, 0.2) is 0 Å². The zero-order valence-corrected chi connectivity index (χ0v) is 7.63. The molecule has 0 bridgehead atoms. The SMILES string of the molecule is O=CCc1nccn1-c1ccccc1. The highest BCUT2D eigenvalue weighted by Crippen LogP contribution is 2.09. The molecule has 0 spiro atoms. The average molecular weight is 186 g/mol. The number of carbonyl (C=O) groups excluding carboxylic acids is 1. The van der Waals surface area contributed by atoms with Crippen LogP contribution in [0.2, 0.25) is 0 Å². The highest BCUT2D eigenvalue weighted by atomic mass is 16.1. The van der Waals surface area contributed by atoms with Crippen LogP contribution in [0, 0.1) is 0 Å². The predicted octanol–water partition coefficient (Wildman–Crippen LogP) is 1.61. The number of imidazole rings is 1. The van der Waals surface area contributed by atoms with E-state index in [1.807, 2.05) is 41.1 Å². The maximum Gasteiger partial charge on any atom is 0.127 e. The monoisotopic (exact) mass is 186 g/mol. The molecule has 0 aliphatic rings. The minimum atomic E-state index is 0.349. The molecule has 2 aromatic rings. The van der Waals surface area contributed by atoms with Gasteiger partial charge in [-0.1, -0.05) is 18.2 Å². The maximum absolute atomic E-state index is 10.4. The summed E-state index contributed by atoms with van der Waals surface area (Å²) in [6, 6.07) is 9.84. The van der Waals surface area contributed by atoms with Gasteiger partial charge in [0.05, 0.1) is 6.42 Å². The number of carbonyl (C=O) groups is 1. The van der Waals surface area contributed by atoms with E-state index in [0.717, 1.165) is 17.8 Å². The van der Waals surface area contributed by atoms with E-state index in [0.29, 0.717) is 6.42 Å². The van der Waals surface area contributed by atoms with Gasteiger partial charge < -0.3 is 9.36 Å². The second kappa shape index (κ2) is 3.87. The molecule has 0 unspecified atom stereocenters. The third-order valence-corrected chi connectivity index (χ3v) is 2.02. The molecule has 14 heavy (non-hydrogen) atoms. The quantitative estimate of drug-likeness (QED) is 0.682. The summed E-state index contributed by atoms with van der Waals surface area (Å²) in [5.41, 5.74) is 1.03. The lowest BCUT2D eigenvalue weighted by Gasteiger charge is -2.04. The summed E-state index contributed by atoms with van der Waals surface area (Å²) in [7, 11) is 0. The summed E-state index contributed by atoms with van der Waals surface area (Å²) in [6.07, 6.45) is 4.77. The molecule has 0 N–H and O–H groups in total. The molecule has 0 aliphatic heterocycles. The van der Waals surface area contributed by atoms with Gasteiger partial charge in [0.1, 0.15) is 12.1 Å². The molecule has 2 rings (SSSR count). The first-order valence-corrected chi connectivity index (χ1v) is 4.43. The van der Waals surface area contributed by atoms with E-state index < -0.39 is 0 Å². The Morgan fingerprint density at radius 1 is 1.29 bits per heavy atom. The van der Waals surface area contributed by atoms with E-state index in [2.05, 4.69) is 4.98 Å². The van der Waals surface area contributed by atoms with Crippen molar-refractivity contribution in [2.24, 2.45) is 0 Å². The Bertz CT molecular complexity index is 420. The predicted molar refractivity (Wildman–Crippen MR) is 53.3 cm³/mol. The number of aldehydes is 1. The molecule has 0 atom stereocenters. The van der Waals surface area contributed by atoms with Gasteiger partial charge in [-0.25, -0.2) is 4.98 Å². The van der Waals surface area contributed by atoms with Crippen LogP contribution >= 0.6 is 0 Å². The van der Waals surface area contributed by atoms with Crippen LogP contribution < -0.4 is 0 Å². The van der Waals surface area contributed by atoms with E-state index in [1.54, 1.807) is 6.20 Å². The average Bonchev–Trinajstić information content (AvgIpc) is 2.68. The first kappa shape index (κ1) is 8.69. The van der Waals surface area contributed by atoms with E-state index in [9.17, 15) is 4.79 Å². The Morgan fingerprint density at radius 3 is 2.79 bits per heavy atom. The zero-order valence-electron chi connectivity index (χ0n) is 7.63. The summed E-state index contributed by atoms with van der Waals surface area (Å²) in [6.45, 7) is 0. The van der Waals surface area contributed by atoms with Gasteiger partial charge in [0.2, 0.25) is 0 Å². The van der Waals surface area contributed by atoms with Crippen LogP contribution in [0.1, 0.15) is 5.82 Å². The van der Waals surface area contributed by atoms with Gasteiger partial charge in [-0.2, -0.15) is 0 Å². The van der Waals surface area contributed by atoms with Gasteiger partial charge in [-0.3, -0.25) is 0 Å². The largest absolute Gasteiger partial charge is 0.303 e. The number of aromatic nitrogens is 2. The number of para-hydroxylation sites is 1. The fraction of sp³-hybridized carbons (Fsp3) is 0.0909. The van der Waals surface area contributed by atoms with Crippen LogP contribution in [-0.4, -0.2) is 15.8 Å². The number of benzene rings is 1. The summed E-state index contributed by atoms with van der Waals surface area (Å²) >= 11 is 0. The van der Waals surface area contributed by atoms with E-state index >= 15 is 0 Å². The summed E-state index contributed by atoms with van der Waals surface area (Å²) < 4.78 is 1.91. The van der Waals surface area contributed by atoms with Crippen LogP contribution in [0.5, 0.6) is 0 Å². The topological polar surface area (TPSA) is 34.9 Å². The smallest absolute Gasteiger partial charge is 0.127 e. The summed E-state index contributed by atoms with van der Waals surface area (Å²) in [4.78, 5) is 14.5. The fourth-order valence-electron chi connectivity index (χ4n) is 1.38. The highest BCUT2D eigenvalue weighted by molar-refractivity contribution is 5.53. The first-order valence-electron chi connectivity index (χ1n) is 4.43. The number of nitrogens with zero attached hydrogens (tertiary/aromatic N) is 2. The molecule has 0 radical (unpaired) electrons. The zero-order chi connectivity index (χ0) is 9.80. The van der Waals surface area contributed by atoms with Crippen molar-refractivity contribution in [2.45, 2.75) is 6.42 Å². The Hall–Kier alpha value is -1.90. The van der Waals surface area contributed by atoms with Gasteiger partial charge in [-0.05, 0) is 12.1 Å². The lowest BCUT2D eigenvalue weighted by Crippen LogP contribution is -2.00. The number of hydrogen-bond acceptors (Lipinski definition) is 2. The van der Waals surface area contributed by atoms with Gasteiger partial charge >= 0.3 is 0 Å². The molecule has 0 fully saturated rings. The van der Waals surface area contributed by atoms with Crippen LogP contribution in [0.15, 0.2) is 42.7 Å². The van der Waals surface area contributed by atoms with E-state index in [-0.39, 0.29) is 0 Å². The normalized spacial score (nSPS) is 10.0. The van der Waals surface area contributed by atoms with Crippen LogP contribution in [0.25, 0.3) is 5.69 Å². The lowest BCUT2D eigenvalue weighted by molar-refractivity contribution is -0.107. The molecule has 3 heteroatoms. The standard InChI is InChI=1S/C11H10N2O/c14-9-6-11-12-7-8-13(11)10-4-2-1-3-5-10/h1-5,7-9H,6H2. The van der Waals surface area contributed by atoms with Crippen LogP contribution in [0.4, 0.5) is 0 Å². The van der Waals surface area contributed by atoms with E-state index in [1.165, 1.54) is 0 Å². The van der Waals surface area contributed by atoms with Crippen molar-refractivity contribution in [2.75, 3.05) is 0 Å². The molecule has 1 aromatic carbocycles. The number of rotatable bonds is 3. The Labute approximate surface area is 82.0 Å². The molecule has 3 nitrogen and oxygen atoms in total. The Kier molecular flexibility index (Phi) is 2.40. The Balaban J connectivity index is 2.41. The van der Waals surface area contributed by atoms with Crippen LogP contribution in [0.3, 0.4) is 0 Å². The minimum absolute atomic E-state index is 0.349. The maximum atomic E-state index is 10.4. The lowest BCUT2D eigenvalue weighted by atomic mass is 10.3. The second-order valence-electron chi connectivity index (χ2n) is 2.92. The molecule has 1 heterocycles. The highest BCUT2D eigenvalue weighted by Gasteiger charge is 2.02. The molecule has 70 valence electrons.